The first-order valence-corrected chi connectivity index (χ1v) is 9.46. The van der Waals surface area contributed by atoms with E-state index < -0.39 is 0 Å². The molecule has 0 saturated carbocycles. The average molecular weight is 365 g/mol. The van der Waals surface area contributed by atoms with Crippen molar-refractivity contribution in [2.75, 3.05) is 6.54 Å². The van der Waals surface area contributed by atoms with E-state index in [1.54, 1.807) is 4.57 Å². The summed E-state index contributed by atoms with van der Waals surface area (Å²) in [5, 5.41) is 2.97. The fraction of sp³-hybridized carbons (Fsp3) is 0.364. The maximum absolute atomic E-state index is 12.5. The molecule has 0 spiro atoms. The van der Waals surface area contributed by atoms with E-state index in [1.165, 1.54) is 11.1 Å². The lowest BCUT2D eigenvalue weighted by Crippen LogP contribution is -2.31. The van der Waals surface area contributed by atoms with E-state index in [4.69, 9.17) is 0 Å². The number of carbonyl (C=O) groups is 1. The molecule has 0 bridgehead atoms. The van der Waals surface area contributed by atoms with Crippen molar-refractivity contribution in [3.63, 3.8) is 0 Å². The third-order valence-electron chi connectivity index (χ3n) is 5.05. The number of para-hydroxylation sites is 2. The van der Waals surface area contributed by atoms with Gasteiger partial charge in [0.1, 0.15) is 0 Å². The Bertz CT molecular complexity index is 967. The molecule has 0 aliphatic heterocycles. The van der Waals surface area contributed by atoms with Crippen molar-refractivity contribution >= 4 is 16.9 Å². The van der Waals surface area contributed by atoms with Crippen molar-refractivity contribution in [3.05, 3.63) is 70.1 Å². The van der Waals surface area contributed by atoms with Crippen LogP contribution in [0.1, 0.15) is 37.3 Å². The molecule has 1 aromatic heterocycles. The Morgan fingerprint density at radius 3 is 2.52 bits per heavy atom. The topological polar surface area (TPSA) is 66.9 Å². The van der Waals surface area contributed by atoms with Gasteiger partial charge in [-0.15, -0.1) is 0 Å². The minimum atomic E-state index is -0.148. The Balaban J connectivity index is 1.60. The first-order valence-electron chi connectivity index (χ1n) is 9.46. The van der Waals surface area contributed by atoms with Crippen LogP contribution in [-0.2, 0) is 11.3 Å². The van der Waals surface area contributed by atoms with E-state index in [2.05, 4.69) is 55.3 Å². The number of imidazole rings is 1. The molecule has 1 amide bonds. The van der Waals surface area contributed by atoms with Gasteiger partial charge in [-0.25, -0.2) is 4.79 Å². The van der Waals surface area contributed by atoms with E-state index in [-0.39, 0.29) is 17.5 Å². The molecule has 0 aliphatic carbocycles. The molecule has 0 radical (unpaired) electrons. The van der Waals surface area contributed by atoms with Crippen LogP contribution in [0.5, 0.6) is 0 Å². The van der Waals surface area contributed by atoms with Crippen molar-refractivity contribution in [2.24, 2.45) is 5.92 Å². The Morgan fingerprint density at radius 2 is 1.81 bits per heavy atom. The summed E-state index contributed by atoms with van der Waals surface area (Å²) in [5.41, 5.74) is 3.93. The Labute approximate surface area is 159 Å². The SMILES string of the molecule is Cc1ccc(C(CC(=O)NCCn2c(=O)[nH]c3ccccc32)C(C)C)cc1. The van der Waals surface area contributed by atoms with Crippen molar-refractivity contribution in [2.45, 2.75) is 39.7 Å². The molecule has 1 unspecified atom stereocenters. The number of fused-ring (bicyclic) bond motifs is 1. The second kappa shape index (κ2) is 8.25. The van der Waals surface area contributed by atoms with E-state index in [9.17, 15) is 9.59 Å². The van der Waals surface area contributed by atoms with E-state index in [0.29, 0.717) is 25.4 Å². The summed E-state index contributed by atoms with van der Waals surface area (Å²) in [6.45, 7) is 7.23. The molecule has 1 heterocycles. The van der Waals surface area contributed by atoms with Gasteiger partial charge in [-0.1, -0.05) is 55.8 Å². The number of nitrogens with one attached hydrogen (secondary N) is 2. The fourth-order valence-corrected chi connectivity index (χ4v) is 3.46. The highest BCUT2D eigenvalue weighted by atomic mass is 16.2. The third-order valence-corrected chi connectivity index (χ3v) is 5.05. The van der Waals surface area contributed by atoms with Crippen LogP contribution in [0.15, 0.2) is 53.3 Å². The maximum Gasteiger partial charge on any atom is 0.326 e. The Hall–Kier alpha value is -2.82. The van der Waals surface area contributed by atoms with Crippen LogP contribution >= 0.6 is 0 Å². The van der Waals surface area contributed by atoms with Gasteiger partial charge in [0.05, 0.1) is 11.0 Å². The van der Waals surface area contributed by atoms with Crippen LogP contribution in [0.25, 0.3) is 11.0 Å². The number of carbonyl (C=O) groups excluding carboxylic acids is 1. The predicted octanol–water partition coefficient (Wildman–Crippen LogP) is 3.58. The van der Waals surface area contributed by atoms with Gasteiger partial charge in [0.15, 0.2) is 0 Å². The number of aryl methyl sites for hydroxylation is 1. The summed E-state index contributed by atoms with van der Waals surface area (Å²) in [4.78, 5) is 27.4. The normalized spacial score (nSPS) is 12.4. The molecule has 2 N–H and O–H groups in total. The quantitative estimate of drug-likeness (QED) is 0.672. The van der Waals surface area contributed by atoms with Gasteiger partial charge in [0, 0.05) is 19.5 Å². The Kier molecular flexibility index (Phi) is 5.79. The van der Waals surface area contributed by atoms with Gasteiger partial charge >= 0.3 is 5.69 Å². The van der Waals surface area contributed by atoms with Crippen molar-refractivity contribution in [1.82, 2.24) is 14.9 Å². The molecule has 5 nitrogen and oxygen atoms in total. The number of rotatable bonds is 7. The largest absolute Gasteiger partial charge is 0.354 e. The zero-order valence-corrected chi connectivity index (χ0v) is 16.2. The number of hydrogen-bond acceptors (Lipinski definition) is 2. The first kappa shape index (κ1) is 19.0. The van der Waals surface area contributed by atoms with Gasteiger partial charge in [0.2, 0.25) is 5.91 Å². The fourth-order valence-electron chi connectivity index (χ4n) is 3.46. The molecule has 5 heteroatoms. The third kappa shape index (κ3) is 4.48. The second-order valence-electron chi connectivity index (χ2n) is 7.41. The molecular formula is C22H27N3O2. The van der Waals surface area contributed by atoms with Gasteiger partial charge in [-0.3, -0.25) is 9.36 Å². The standard InChI is InChI=1S/C22H27N3O2/c1-15(2)18(17-10-8-16(3)9-11-17)14-21(26)23-12-13-25-20-7-5-4-6-19(20)24-22(25)27/h4-11,15,18H,12-14H2,1-3H3,(H,23,26)(H,24,27). The van der Waals surface area contributed by atoms with Crippen molar-refractivity contribution in [3.8, 4) is 0 Å². The number of hydrogen-bond donors (Lipinski definition) is 2. The monoisotopic (exact) mass is 365 g/mol. The molecule has 0 saturated heterocycles. The van der Waals surface area contributed by atoms with Crippen LogP contribution in [0, 0.1) is 12.8 Å². The molecule has 3 aromatic rings. The van der Waals surface area contributed by atoms with E-state index in [0.717, 1.165) is 11.0 Å². The highest BCUT2D eigenvalue weighted by Gasteiger charge is 2.19. The van der Waals surface area contributed by atoms with Crippen molar-refractivity contribution < 1.29 is 4.79 Å². The number of nitrogens with zero attached hydrogens (tertiary/aromatic N) is 1. The zero-order valence-electron chi connectivity index (χ0n) is 16.2. The lowest BCUT2D eigenvalue weighted by Gasteiger charge is -2.21. The average Bonchev–Trinajstić information content (AvgIpc) is 2.96. The van der Waals surface area contributed by atoms with Crippen LogP contribution < -0.4 is 11.0 Å². The minimum Gasteiger partial charge on any atom is -0.354 e. The summed E-state index contributed by atoms with van der Waals surface area (Å²) >= 11 is 0. The highest BCUT2D eigenvalue weighted by Crippen LogP contribution is 2.28. The number of H-pyrrole nitrogens is 1. The van der Waals surface area contributed by atoms with Gasteiger partial charge in [-0.05, 0) is 36.5 Å². The first-order chi connectivity index (χ1) is 13.0. The molecule has 3 rings (SSSR count). The number of amides is 1. The maximum atomic E-state index is 12.5. The molecule has 0 aliphatic rings. The van der Waals surface area contributed by atoms with Gasteiger partial charge < -0.3 is 10.3 Å². The van der Waals surface area contributed by atoms with Crippen LogP contribution in [0.4, 0.5) is 0 Å². The summed E-state index contributed by atoms with van der Waals surface area (Å²) in [6.07, 6.45) is 0.448. The van der Waals surface area contributed by atoms with Gasteiger partial charge in [-0.2, -0.15) is 0 Å². The molecule has 27 heavy (non-hydrogen) atoms. The molecule has 142 valence electrons. The highest BCUT2D eigenvalue weighted by molar-refractivity contribution is 5.77. The number of benzene rings is 2. The van der Waals surface area contributed by atoms with Crippen LogP contribution in [0.3, 0.4) is 0 Å². The van der Waals surface area contributed by atoms with Crippen LogP contribution in [0.2, 0.25) is 0 Å². The lowest BCUT2D eigenvalue weighted by atomic mass is 9.85. The lowest BCUT2D eigenvalue weighted by molar-refractivity contribution is -0.121. The smallest absolute Gasteiger partial charge is 0.326 e. The van der Waals surface area contributed by atoms with E-state index in [1.807, 2.05) is 24.3 Å². The molecular weight excluding hydrogens is 338 g/mol. The predicted molar refractivity (Wildman–Crippen MR) is 109 cm³/mol. The zero-order chi connectivity index (χ0) is 19.4. The summed E-state index contributed by atoms with van der Waals surface area (Å²) < 4.78 is 1.66. The summed E-state index contributed by atoms with van der Waals surface area (Å²) in [7, 11) is 0. The Morgan fingerprint density at radius 1 is 1.11 bits per heavy atom. The number of aromatic amines is 1. The number of aromatic nitrogens is 2. The minimum absolute atomic E-state index is 0.0159. The summed E-state index contributed by atoms with van der Waals surface area (Å²) in [6, 6.07) is 16.0. The summed E-state index contributed by atoms with van der Waals surface area (Å²) in [5.74, 6) is 0.568. The van der Waals surface area contributed by atoms with Crippen LogP contribution in [-0.4, -0.2) is 22.0 Å². The van der Waals surface area contributed by atoms with E-state index >= 15 is 0 Å². The second-order valence-corrected chi connectivity index (χ2v) is 7.41. The van der Waals surface area contributed by atoms with Gasteiger partial charge in [0.25, 0.3) is 0 Å². The molecule has 1 atom stereocenters. The molecule has 2 aromatic carbocycles. The molecule has 0 fully saturated rings. The van der Waals surface area contributed by atoms with Crippen molar-refractivity contribution in [1.29, 1.82) is 0 Å².